The molecule has 2 heterocycles. The van der Waals surface area contributed by atoms with E-state index in [0.29, 0.717) is 11.1 Å². The molecule has 0 saturated heterocycles. The van der Waals surface area contributed by atoms with E-state index in [1.807, 2.05) is 0 Å². The van der Waals surface area contributed by atoms with Crippen LogP contribution in [0.1, 0.15) is 43.0 Å². The number of carbonyl (C=O) groups is 2. The third-order valence-corrected chi connectivity index (χ3v) is 5.40. The highest BCUT2D eigenvalue weighted by Crippen LogP contribution is 2.42. The summed E-state index contributed by atoms with van der Waals surface area (Å²) in [6.45, 7) is 0. The van der Waals surface area contributed by atoms with Gasteiger partial charge in [0.15, 0.2) is 11.4 Å². The largest absolute Gasteiger partial charge is 0.400 e. The Morgan fingerprint density at radius 2 is 0.906 bits per heavy atom. The molecule has 5 rings (SSSR count). The molecular weight excluding hydrogens is 412 g/mol. The second-order valence-corrected chi connectivity index (χ2v) is 7.00. The van der Waals surface area contributed by atoms with Crippen molar-refractivity contribution in [1.29, 1.82) is 0 Å². The van der Waals surface area contributed by atoms with Gasteiger partial charge in [0.1, 0.15) is 0 Å². The lowest BCUT2D eigenvalue weighted by Crippen LogP contribution is -2.40. The first-order chi connectivity index (χ1) is 15.4. The van der Waals surface area contributed by atoms with Crippen LogP contribution >= 0.6 is 0 Å². The molecule has 8 nitrogen and oxygen atoms in total. The quantitative estimate of drug-likeness (QED) is 0.351. The third-order valence-electron chi connectivity index (χ3n) is 5.40. The summed E-state index contributed by atoms with van der Waals surface area (Å²) in [5, 5.41) is 41.6. The normalized spacial score (nSPS) is 22.3. The maximum absolute atomic E-state index is 12.6. The lowest BCUT2D eigenvalue weighted by molar-refractivity contribution is 0.0469. The maximum atomic E-state index is 12.6. The zero-order valence-electron chi connectivity index (χ0n) is 17.5. The zero-order chi connectivity index (χ0) is 23.5. The summed E-state index contributed by atoms with van der Waals surface area (Å²) in [4.78, 5) is 25.3. The van der Waals surface area contributed by atoms with Crippen LogP contribution in [0.5, 0.6) is 0 Å². The maximum Gasteiger partial charge on any atom is 0.254 e. The summed E-state index contributed by atoms with van der Waals surface area (Å²) in [6.07, 6.45) is 0. The van der Waals surface area contributed by atoms with Crippen molar-refractivity contribution < 1.29 is 30.0 Å². The first-order valence-electron chi connectivity index (χ1n) is 9.73. The molecule has 0 saturated carbocycles. The number of hydrogen-bond acceptors (Lipinski definition) is 6. The van der Waals surface area contributed by atoms with Crippen LogP contribution in [-0.2, 0) is 11.4 Å². The van der Waals surface area contributed by atoms with E-state index in [0.717, 1.165) is 14.2 Å². The van der Waals surface area contributed by atoms with Crippen molar-refractivity contribution in [3.63, 3.8) is 0 Å². The van der Waals surface area contributed by atoms with Crippen LogP contribution in [0.2, 0.25) is 0 Å². The van der Waals surface area contributed by atoms with E-state index >= 15 is 0 Å². The number of fused-ring (bicyclic) bond motifs is 2. The molecule has 8 heteroatoms. The summed E-state index contributed by atoms with van der Waals surface area (Å²) >= 11 is 0. The number of nitrogens with one attached hydrogen (secondary N) is 2. The highest BCUT2D eigenvalue weighted by atomic mass is 16.3. The number of aliphatic hydroxyl groups is 4. The minimum atomic E-state index is -1.74. The summed E-state index contributed by atoms with van der Waals surface area (Å²) in [5.41, 5.74) is -1.50. The number of amides is 2. The molecule has 0 unspecified atom stereocenters. The molecule has 0 bridgehead atoms. The molecule has 2 aliphatic rings. The van der Waals surface area contributed by atoms with Gasteiger partial charge in [-0.3, -0.25) is 9.59 Å². The van der Waals surface area contributed by atoms with Crippen molar-refractivity contribution in [2.75, 3.05) is 14.2 Å². The van der Waals surface area contributed by atoms with E-state index < -0.39 is 23.3 Å². The van der Waals surface area contributed by atoms with Gasteiger partial charge in [-0.25, -0.2) is 0 Å². The van der Waals surface area contributed by atoms with E-state index in [4.69, 9.17) is 10.2 Å². The Morgan fingerprint density at radius 3 is 1.22 bits per heavy atom. The fourth-order valence-corrected chi connectivity index (χ4v) is 3.99. The van der Waals surface area contributed by atoms with Gasteiger partial charge < -0.3 is 31.1 Å². The van der Waals surface area contributed by atoms with Crippen LogP contribution in [0.3, 0.4) is 0 Å². The van der Waals surface area contributed by atoms with Crippen LogP contribution in [0.15, 0.2) is 72.8 Å². The van der Waals surface area contributed by atoms with E-state index in [1.165, 1.54) is 12.1 Å². The number of rotatable bonds is 2. The van der Waals surface area contributed by atoms with Gasteiger partial charge in [0.05, 0.1) is 0 Å². The van der Waals surface area contributed by atoms with Crippen LogP contribution < -0.4 is 10.6 Å². The highest BCUT2D eigenvalue weighted by Gasteiger charge is 2.49. The van der Waals surface area contributed by atoms with Crippen molar-refractivity contribution >= 4 is 11.8 Å². The fourth-order valence-electron chi connectivity index (χ4n) is 3.99. The minimum absolute atomic E-state index is 0.218. The van der Waals surface area contributed by atoms with Gasteiger partial charge in [-0.1, -0.05) is 60.7 Å². The lowest BCUT2D eigenvalue weighted by Gasteiger charge is -2.26. The average molecular weight is 436 g/mol. The Balaban J connectivity index is 0.000000686. The van der Waals surface area contributed by atoms with Crippen molar-refractivity contribution in [2.24, 2.45) is 0 Å². The Bertz CT molecular complexity index is 1040. The smallest absolute Gasteiger partial charge is 0.254 e. The predicted octanol–water partition coefficient (Wildman–Crippen LogP) is 0.777. The van der Waals surface area contributed by atoms with Crippen LogP contribution in [-0.4, -0.2) is 46.5 Å². The van der Waals surface area contributed by atoms with Crippen molar-refractivity contribution in [1.82, 2.24) is 10.6 Å². The summed E-state index contributed by atoms with van der Waals surface area (Å²) in [7, 11) is 2.00. The molecule has 0 radical (unpaired) electrons. The fraction of sp³-hybridized carbons (Fsp3) is 0.167. The van der Waals surface area contributed by atoms with Gasteiger partial charge in [0, 0.05) is 47.6 Å². The van der Waals surface area contributed by atoms with Crippen molar-refractivity contribution in [2.45, 2.75) is 11.4 Å². The van der Waals surface area contributed by atoms with Gasteiger partial charge in [-0.2, -0.15) is 0 Å². The first-order valence-corrected chi connectivity index (χ1v) is 9.73. The predicted molar refractivity (Wildman–Crippen MR) is 117 cm³/mol. The van der Waals surface area contributed by atoms with E-state index in [2.05, 4.69) is 10.6 Å². The summed E-state index contributed by atoms with van der Waals surface area (Å²) in [6, 6.07) is 20.4. The van der Waals surface area contributed by atoms with Gasteiger partial charge in [0.2, 0.25) is 0 Å². The molecule has 32 heavy (non-hydrogen) atoms. The number of aliphatic hydroxyl groups excluding tert-OH is 2. The molecule has 2 aliphatic heterocycles. The molecule has 0 aromatic heterocycles. The zero-order valence-corrected chi connectivity index (χ0v) is 17.5. The SMILES string of the molecule is CO.CO.O=C1N[C@@](O)(c2ccccc2)c2cc3c(cc21)[C@@](O)(c1ccccc1)NC3=O. The van der Waals surface area contributed by atoms with E-state index in [-0.39, 0.29) is 22.3 Å². The molecule has 6 N–H and O–H groups in total. The molecule has 3 aromatic rings. The Hall–Kier alpha value is -3.56. The van der Waals surface area contributed by atoms with Crippen LogP contribution in [0.25, 0.3) is 0 Å². The monoisotopic (exact) mass is 436 g/mol. The lowest BCUT2D eigenvalue weighted by atomic mass is 9.88. The summed E-state index contributed by atoms with van der Waals surface area (Å²) in [5.74, 6) is -0.946. The molecule has 166 valence electrons. The molecule has 0 fully saturated rings. The Labute approximate surface area is 184 Å². The minimum Gasteiger partial charge on any atom is -0.400 e. The molecule has 0 aliphatic carbocycles. The topological polar surface area (TPSA) is 139 Å². The third kappa shape index (κ3) is 3.45. The van der Waals surface area contributed by atoms with Crippen molar-refractivity contribution in [3.8, 4) is 0 Å². The van der Waals surface area contributed by atoms with Gasteiger partial charge in [-0.15, -0.1) is 0 Å². The van der Waals surface area contributed by atoms with Gasteiger partial charge >= 0.3 is 0 Å². The Kier molecular flexibility index (Phi) is 6.42. The van der Waals surface area contributed by atoms with E-state index in [1.54, 1.807) is 60.7 Å². The molecule has 3 aromatic carbocycles. The van der Waals surface area contributed by atoms with Gasteiger partial charge in [-0.05, 0) is 12.1 Å². The number of hydrogen-bond donors (Lipinski definition) is 6. The second-order valence-electron chi connectivity index (χ2n) is 7.00. The molecular formula is C24H24N2O6. The van der Waals surface area contributed by atoms with Crippen molar-refractivity contribution in [3.05, 3.63) is 106 Å². The summed E-state index contributed by atoms with van der Waals surface area (Å²) < 4.78 is 0. The molecule has 2 atom stereocenters. The average Bonchev–Trinajstić information content (AvgIpc) is 3.27. The van der Waals surface area contributed by atoms with Crippen LogP contribution in [0.4, 0.5) is 0 Å². The molecule has 2 amide bonds. The number of benzene rings is 3. The van der Waals surface area contributed by atoms with Gasteiger partial charge in [0.25, 0.3) is 11.8 Å². The Morgan fingerprint density at radius 1 is 0.594 bits per heavy atom. The highest BCUT2D eigenvalue weighted by molar-refractivity contribution is 6.05. The number of carbonyl (C=O) groups excluding carboxylic acids is 2. The van der Waals surface area contributed by atoms with E-state index in [9.17, 15) is 19.8 Å². The van der Waals surface area contributed by atoms with Crippen LogP contribution in [0, 0.1) is 0 Å². The molecule has 0 spiro atoms. The second kappa shape index (κ2) is 8.89. The first kappa shape index (κ1) is 23.1. The standard InChI is InChI=1S/C22H16N2O4.2CH4O/c25-19-15-12-18-16(20(26)24-22(18,28)14-9-5-2-6-10-14)11-17(15)21(27,23-19)13-7-3-1-4-8-13;2*1-2/h1-12,27-28H,(H,23,25)(H,24,26);2*2H,1H3/t21-,22+;;.